The molecule has 0 N–H and O–H groups in total. The minimum Gasteiger partial charge on any atom is -0.375 e. The van der Waals surface area contributed by atoms with E-state index in [1.165, 1.54) is 0 Å². The summed E-state index contributed by atoms with van der Waals surface area (Å²) < 4.78 is 11.3. The maximum Gasteiger partial charge on any atom is 0.108 e. The number of terminal acetylenes is 1. The Kier molecular flexibility index (Phi) is 6.40. The van der Waals surface area contributed by atoms with Crippen molar-refractivity contribution in [1.29, 1.82) is 0 Å². The van der Waals surface area contributed by atoms with Crippen LogP contribution in [0.25, 0.3) is 0 Å². The first-order chi connectivity index (χ1) is 7.33. The van der Waals surface area contributed by atoms with E-state index in [9.17, 15) is 0 Å². The van der Waals surface area contributed by atoms with Crippen molar-refractivity contribution in [3.05, 3.63) is 12.7 Å². The van der Waals surface area contributed by atoms with E-state index in [1.54, 1.807) is 0 Å². The molecule has 0 aromatic rings. The van der Waals surface area contributed by atoms with Gasteiger partial charge in [0.1, 0.15) is 6.61 Å². The van der Waals surface area contributed by atoms with Crippen molar-refractivity contribution in [2.45, 2.75) is 51.7 Å². The maximum atomic E-state index is 5.78. The first-order valence-corrected chi connectivity index (χ1v) is 5.65. The molecule has 0 aliphatic rings. The van der Waals surface area contributed by atoms with Crippen LogP contribution >= 0.6 is 0 Å². The highest BCUT2D eigenvalue weighted by Gasteiger charge is 2.21. The van der Waals surface area contributed by atoms with Crippen molar-refractivity contribution >= 4 is 0 Å². The molecule has 0 radical (unpaired) electrons. The van der Waals surface area contributed by atoms with Gasteiger partial charge in [-0.05, 0) is 40.5 Å². The van der Waals surface area contributed by atoms with Gasteiger partial charge in [0.25, 0.3) is 0 Å². The fourth-order valence-corrected chi connectivity index (χ4v) is 1.29. The lowest BCUT2D eigenvalue weighted by Crippen LogP contribution is -2.30. The van der Waals surface area contributed by atoms with E-state index < -0.39 is 0 Å². The van der Waals surface area contributed by atoms with Crippen molar-refractivity contribution in [2.24, 2.45) is 0 Å². The van der Waals surface area contributed by atoms with Gasteiger partial charge >= 0.3 is 0 Å². The molecule has 0 amide bonds. The first kappa shape index (κ1) is 15.2. The van der Waals surface area contributed by atoms with Crippen LogP contribution in [0.15, 0.2) is 12.7 Å². The summed E-state index contributed by atoms with van der Waals surface area (Å²) in [5, 5.41) is 0. The monoisotopic (exact) mass is 224 g/mol. The van der Waals surface area contributed by atoms with Gasteiger partial charge in [-0.15, -0.1) is 13.0 Å². The van der Waals surface area contributed by atoms with Crippen LogP contribution in [-0.2, 0) is 9.47 Å². The molecule has 0 aromatic heterocycles. The summed E-state index contributed by atoms with van der Waals surface area (Å²) >= 11 is 0. The highest BCUT2D eigenvalue weighted by Crippen LogP contribution is 2.19. The van der Waals surface area contributed by atoms with Gasteiger partial charge in [0.15, 0.2) is 0 Å². The second-order valence-corrected chi connectivity index (χ2v) is 5.10. The Hall–Kier alpha value is -0.780. The van der Waals surface area contributed by atoms with Gasteiger partial charge in [-0.3, -0.25) is 0 Å². The van der Waals surface area contributed by atoms with E-state index in [1.807, 2.05) is 19.9 Å². The highest BCUT2D eigenvalue weighted by atomic mass is 16.5. The molecular weight excluding hydrogens is 200 g/mol. The quantitative estimate of drug-likeness (QED) is 0.466. The fraction of sp³-hybridized carbons (Fsp3) is 0.714. The number of rotatable bonds is 8. The Bertz CT molecular complexity index is 246. The van der Waals surface area contributed by atoms with Gasteiger partial charge in [-0.25, -0.2) is 0 Å². The van der Waals surface area contributed by atoms with Crippen LogP contribution in [0.2, 0.25) is 0 Å². The molecule has 16 heavy (non-hydrogen) atoms. The van der Waals surface area contributed by atoms with Crippen LogP contribution in [0.1, 0.15) is 40.5 Å². The normalized spacial score (nSPS) is 12.2. The lowest BCUT2D eigenvalue weighted by Gasteiger charge is -2.28. The van der Waals surface area contributed by atoms with Crippen molar-refractivity contribution in [1.82, 2.24) is 0 Å². The zero-order valence-corrected chi connectivity index (χ0v) is 11.0. The highest BCUT2D eigenvalue weighted by molar-refractivity contribution is 4.85. The van der Waals surface area contributed by atoms with Gasteiger partial charge in [0, 0.05) is 0 Å². The minimum atomic E-state index is -0.226. The van der Waals surface area contributed by atoms with E-state index in [0.29, 0.717) is 13.2 Å². The van der Waals surface area contributed by atoms with Gasteiger partial charge < -0.3 is 9.47 Å². The standard InChI is InChI=1S/C14H24O2/c1-7-9-13(3,4)16-12-10-14(5,6)15-11-8-2/h2,7H,1,9-12H2,3-6H3. The van der Waals surface area contributed by atoms with Crippen LogP contribution in [0.3, 0.4) is 0 Å². The van der Waals surface area contributed by atoms with E-state index in [2.05, 4.69) is 26.3 Å². The molecule has 2 nitrogen and oxygen atoms in total. The van der Waals surface area contributed by atoms with Crippen LogP contribution in [0.5, 0.6) is 0 Å². The van der Waals surface area contributed by atoms with Crippen LogP contribution in [0.4, 0.5) is 0 Å². The second-order valence-electron chi connectivity index (χ2n) is 5.10. The number of hydrogen-bond acceptors (Lipinski definition) is 2. The molecule has 0 heterocycles. The maximum absolute atomic E-state index is 5.78. The van der Waals surface area contributed by atoms with Crippen molar-refractivity contribution in [3.63, 3.8) is 0 Å². The molecule has 0 rings (SSSR count). The summed E-state index contributed by atoms with van der Waals surface area (Å²) in [7, 11) is 0. The average Bonchev–Trinajstić information content (AvgIpc) is 2.14. The zero-order valence-electron chi connectivity index (χ0n) is 11.0. The Labute approximate surface area is 100 Å². The number of hydrogen-bond donors (Lipinski definition) is 0. The molecule has 0 saturated carbocycles. The molecule has 0 aliphatic carbocycles. The van der Waals surface area contributed by atoms with Gasteiger partial charge in [-0.2, -0.15) is 0 Å². The summed E-state index contributed by atoms with van der Waals surface area (Å²) in [5.74, 6) is 2.47. The summed E-state index contributed by atoms with van der Waals surface area (Å²) in [6, 6.07) is 0. The molecule has 0 spiro atoms. The molecule has 0 saturated heterocycles. The zero-order chi connectivity index (χ0) is 12.7. The Morgan fingerprint density at radius 2 is 1.81 bits per heavy atom. The first-order valence-electron chi connectivity index (χ1n) is 5.65. The van der Waals surface area contributed by atoms with Crippen molar-refractivity contribution < 1.29 is 9.47 Å². The SMILES string of the molecule is C#CCOC(C)(C)CCOC(C)(C)CC=C. The van der Waals surface area contributed by atoms with Gasteiger partial charge in [0.2, 0.25) is 0 Å². The Balaban J connectivity index is 3.88. The lowest BCUT2D eigenvalue weighted by molar-refractivity contribution is -0.0631. The van der Waals surface area contributed by atoms with E-state index in [4.69, 9.17) is 15.9 Å². The smallest absolute Gasteiger partial charge is 0.108 e. The minimum absolute atomic E-state index is 0.149. The molecular formula is C14H24O2. The summed E-state index contributed by atoms with van der Waals surface area (Å²) in [6.45, 7) is 12.9. The third-order valence-electron chi connectivity index (χ3n) is 2.38. The summed E-state index contributed by atoms with van der Waals surface area (Å²) in [6.07, 6.45) is 8.71. The molecule has 0 aromatic carbocycles. The predicted octanol–water partition coefficient (Wildman–Crippen LogP) is 3.18. The third-order valence-corrected chi connectivity index (χ3v) is 2.38. The van der Waals surface area contributed by atoms with E-state index in [0.717, 1.165) is 12.8 Å². The molecule has 2 heteroatoms. The summed E-state index contributed by atoms with van der Waals surface area (Å²) in [5.41, 5.74) is -0.374. The van der Waals surface area contributed by atoms with Crippen molar-refractivity contribution in [2.75, 3.05) is 13.2 Å². The third kappa shape index (κ3) is 7.50. The molecule has 0 atom stereocenters. The van der Waals surface area contributed by atoms with Crippen molar-refractivity contribution in [3.8, 4) is 12.3 Å². The molecule has 0 unspecified atom stereocenters. The fourth-order valence-electron chi connectivity index (χ4n) is 1.29. The van der Waals surface area contributed by atoms with Crippen LogP contribution in [-0.4, -0.2) is 24.4 Å². The topological polar surface area (TPSA) is 18.5 Å². The van der Waals surface area contributed by atoms with Crippen LogP contribution in [0, 0.1) is 12.3 Å². The molecule has 92 valence electrons. The molecule has 0 fully saturated rings. The molecule has 0 bridgehead atoms. The largest absolute Gasteiger partial charge is 0.375 e. The van der Waals surface area contributed by atoms with Gasteiger partial charge in [0.05, 0.1) is 17.8 Å². The average molecular weight is 224 g/mol. The summed E-state index contributed by atoms with van der Waals surface area (Å²) in [4.78, 5) is 0. The number of ether oxygens (including phenoxy) is 2. The van der Waals surface area contributed by atoms with Crippen LogP contribution < -0.4 is 0 Å². The Morgan fingerprint density at radius 3 is 2.31 bits per heavy atom. The van der Waals surface area contributed by atoms with E-state index >= 15 is 0 Å². The second kappa shape index (κ2) is 6.73. The molecule has 0 aliphatic heterocycles. The van der Waals surface area contributed by atoms with E-state index in [-0.39, 0.29) is 11.2 Å². The predicted molar refractivity (Wildman–Crippen MR) is 68.3 cm³/mol. The lowest BCUT2D eigenvalue weighted by atomic mass is 10.0. The Morgan fingerprint density at radius 1 is 1.19 bits per heavy atom. The van der Waals surface area contributed by atoms with Gasteiger partial charge in [-0.1, -0.05) is 12.0 Å².